The average molecular weight is 207 g/mol. The number of ether oxygens (including phenoxy) is 1. The second-order valence-corrected chi connectivity index (χ2v) is 3.07. The van der Waals surface area contributed by atoms with Gasteiger partial charge in [0.1, 0.15) is 5.94 Å². The largest absolute Gasteiger partial charge is 0.451 e. The number of H-pyrrole nitrogens is 1. The molecule has 14 heavy (non-hydrogen) atoms. The number of carbonyl (C=O) groups excluding carboxylic acids is 1. The molecule has 0 aliphatic carbocycles. The molecule has 0 unspecified atom stereocenters. The Bertz CT molecular complexity index is 464. The van der Waals surface area contributed by atoms with E-state index in [1.54, 1.807) is 6.20 Å². The number of esters is 1. The number of para-hydroxylation sites is 1. The van der Waals surface area contributed by atoms with E-state index in [2.05, 4.69) is 17.6 Å². The molecule has 0 bridgehead atoms. The van der Waals surface area contributed by atoms with Crippen LogP contribution in [0.5, 0.6) is 0 Å². The molecule has 1 aromatic heterocycles. The number of carbonyl (C=O) groups is 1. The van der Waals surface area contributed by atoms with Crippen LogP contribution in [0.25, 0.3) is 10.9 Å². The van der Waals surface area contributed by atoms with E-state index in [9.17, 15) is 4.79 Å². The lowest BCUT2D eigenvalue weighted by molar-refractivity contribution is 0.0583. The molecule has 0 saturated heterocycles. The molecule has 2 aromatic rings. The highest BCUT2D eigenvalue weighted by Gasteiger charge is 2.11. The summed E-state index contributed by atoms with van der Waals surface area (Å²) < 4.78 is 4.80. The minimum atomic E-state index is -0.350. The maximum absolute atomic E-state index is 11.4. The molecule has 2 rings (SSSR count). The predicted molar refractivity (Wildman–Crippen MR) is 57.6 cm³/mol. The fourth-order valence-corrected chi connectivity index (χ4v) is 1.49. The zero-order valence-electron chi connectivity index (χ0n) is 7.36. The summed E-state index contributed by atoms with van der Waals surface area (Å²) in [6, 6.07) is 7.58. The summed E-state index contributed by atoms with van der Waals surface area (Å²) in [5.41, 5.74) is 1.48. The first-order valence-corrected chi connectivity index (χ1v) is 4.80. The maximum atomic E-state index is 11.4. The third kappa shape index (κ3) is 1.48. The van der Waals surface area contributed by atoms with Gasteiger partial charge in [-0.05, 0) is 6.07 Å². The number of nitrogens with one attached hydrogen (secondary N) is 1. The van der Waals surface area contributed by atoms with E-state index < -0.39 is 0 Å². The van der Waals surface area contributed by atoms with Crippen LogP contribution in [0.15, 0.2) is 30.5 Å². The van der Waals surface area contributed by atoms with Gasteiger partial charge in [-0.15, -0.1) is 12.6 Å². The number of rotatable bonds is 2. The van der Waals surface area contributed by atoms with Crippen LogP contribution in [0.3, 0.4) is 0 Å². The Morgan fingerprint density at radius 3 is 3.00 bits per heavy atom. The van der Waals surface area contributed by atoms with Gasteiger partial charge in [0.2, 0.25) is 0 Å². The summed E-state index contributed by atoms with van der Waals surface area (Å²) in [4.78, 5) is 14.4. The van der Waals surface area contributed by atoms with Crippen LogP contribution >= 0.6 is 12.6 Å². The van der Waals surface area contributed by atoms with Gasteiger partial charge in [0, 0.05) is 17.1 Å². The second-order valence-electron chi connectivity index (χ2n) is 2.81. The molecule has 4 heteroatoms. The molecule has 0 saturated carbocycles. The fourth-order valence-electron chi connectivity index (χ4n) is 1.38. The summed E-state index contributed by atoms with van der Waals surface area (Å²) in [6.45, 7) is 0. The molecule has 0 radical (unpaired) electrons. The van der Waals surface area contributed by atoms with E-state index in [1.807, 2.05) is 24.3 Å². The van der Waals surface area contributed by atoms with Gasteiger partial charge in [0.15, 0.2) is 0 Å². The number of aromatic amines is 1. The summed E-state index contributed by atoms with van der Waals surface area (Å²) in [7, 11) is 0. The molecule has 0 fully saturated rings. The third-order valence-electron chi connectivity index (χ3n) is 2.00. The molecule has 1 aromatic carbocycles. The number of thiol groups is 1. The first kappa shape index (κ1) is 9.15. The first-order chi connectivity index (χ1) is 6.83. The van der Waals surface area contributed by atoms with Crippen molar-refractivity contribution in [3.63, 3.8) is 0 Å². The lowest BCUT2D eigenvalue weighted by Gasteiger charge is -1.98. The van der Waals surface area contributed by atoms with E-state index in [0.717, 1.165) is 10.9 Å². The Kier molecular flexibility index (Phi) is 2.45. The van der Waals surface area contributed by atoms with E-state index >= 15 is 0 Å². The van der Waals surface area contributed by atoms with Crippen LogP contribution in [-0.2, 0) is 4.74 Å². The van der Waals surface area contributed by atoms with Gasteiger partial charge in [-0.25, -0.2) is 4.79 Å². The second kappa shape index (κ2) is 3.75. The highest BCUT2D eigenvalue weighted by Crippen LogP contribution is 2.18. The van der Waals surface area contributed by atoms with Gasteiger partial charge in [-0.3, -0.25) is 0 Å². The van der Waals surface area contributed by atoms with Crippen molar-refractivity contribution in [3.05, 3.63) is 36.0 Å². The maximum Gasteiger partial charge on any atom is 0.341 e. The normalized spacial score (nSPS) is 10.4. The summed E-state index contributed by atoms with van der Waals surface area (Å²) in [5.74, 6) is -0.254. The summed E-state index contributed by atoms with van der Waals surface area (Å²) >= 11 is 3.83. The molecule has 0 aliphatic rings. The van der Waals surface area contributed by atoms with Crippen molar-refractivity contribution in [2.24, 2.45) is 0 Å². The SMILES string of the molecule is O=C(OCS)c1c[nH]c2ccccc12. The Hall–Kier alpha value is -1.42. The minimum Gasteiger partial charge on any atom is -0.451 e. The quantitative estimate of drug-likeness (QED) is 0.450. The fraction of sp³-hybridized carbons (Fsp3) is 0.100. The average Bonchev–Trinajstić information content (AvgIpc) is 2.61. The van der Waals surface area contributed by atoms with Crippen molar-refractivity contribution in [2.45, 2.75) is 0 Å². The van der Waals surface area contributed by atoms with Crippen molar-refractivity contribution in [1.82, 2.24) is 4.98 Å². The van der Waals surface area contributed by atoms with Crippen molar-refractivity contribution < 1.29 is 9.53 Å². The molecule has 3 nitrogen and oxygen atoms in total. The minimum absolute atomic E-state index is 0.0956. The van der Waals surface area contributed by atoms with E-state index in [4.69, 9.17) is 4.74 Å². The van der Waals surface area contributed by atoms with E-state index in [1.165, 1.54) is 0 Å². The number of hydrogen-bond donors (Lipinski definition) is 2. The monoisotopic (exact) mass is 207 g/mol. The predicted octanol–water partition coefficient (Wildman–Crippen LogP) is 2.21. The van der Waals surface area contributed by atoms with Crippen molar-refractivity contribution in [3.8, 4) is 0 Å². The lowest BCUT2D eigenvalue weighted by Crippen LogP contribution is -2.02. The number of benzene rings is 1. The van der Waals surface area contributed by atoms with E-state index in [0.29, 0.717) is 5.56 Å². The summed E-state index contributed by atoms with van der Waals surface area (Å²) in [5, 5.41) is 0.874. The topological polar surface area (TPSA) is 42.1 Å². The van der Waals surface area contributed by atoms with Crippen LogP contribution in [0, 0.1) is 0 Å². The van der Waals surface area contributed by atoms with Crippen molar-refractivity contribution in [2.75, 3.05) is 5.94 Å². The zero-order valence-corrected chi connectivity index (χ0v) is 8.25. The van der Waals surface area contributed by atoms with E-state index in [-0.39, 0.29) is 11.9 Å². The first-order valence-electron chi connectivity index (χ1n) is 4.17. The van der Waals surface area contributed by atoms with Crippen LogP contribution < -0.4 is 0 Å². The van der Waals surface area contributed by atoms with Crippen LogP contribution in [0.2, 0.25) is 0 Å². The molecule has 72 valence electrons. The van der Waals surface area contributed by atoms with Gasteiger partial charge in [-0.2, -0.15) is 0 Å². The lowest BCUT2D eigenvalue weighted by atomic mass is 10.2. The van der Waals surface area contributed by atoms with Crippen molar-refractivity contribution in [1.29, 1.82) is 0 Å². The highest BCUT2D eigenvalue weighted by atomic mass is 32.1. The van der Waals surface area contributed by atoms with Gasteiger partial charge in [-0.1, -0.05) is 18.2 Å². The van der Waals surface area contributed by atoms with Gasteiger partial charge in [0.05, 0.1) is 5.56 Å². The Morgan fingerprint density at radius 1 is 1.43 bits per heavy atom. The van der Waals surface area contributed by atoms with Crippen LogP contribution in [0.1, 0.15) is 10.4 Å². The molecular weight excluding hydrogens is 198 g/mol. The third-order valence-corrected chi connectivity index (χ3v) is 2.13. The van der Waals surface area contributed by atoms with Crippen LogP contribution in [-0.4, -0.2) is 16.9 Å². The van der Waals surface area contributed by atoms with Gasteiger partial charge in [0.25, 0.3) is 0 Å². The number of aromatic nitrogens is 1. The van der Waals surface area contributed by atoms with Gasteiger partial charge < -0.3 is 9.72 Å². The van der Waals surface area contributed by atoms with Crippen LogP contribution in [0.4, 0.5) is 0 Å². The highest BCUT2D eigenvalue weighted by molar-refractivity contribution is 7.80. The smallest absolute Gasteiger partial charge is 0.341 e. The molecule has 0 spiro atoms. The Balaban J connectivity index is 2.47. The molecule has 0 aliphatic heterocycles. The Morgan fingerprint density at radius 2 is 2.21 bits per heavy atom. The zero-order chi connectivity index (χ0) is 9.97. The molecule has 1 N–H and O–H groups in total. The number of hydrogen-bond acceptors (Lipinski definition) is 3. The van der Waals surface area contributed by atoms with Gasteiger partial charge >= 0.3 is 5.97 Å². The summed E-state index contributed by atoms with van der Waals surface area (Å²) in [6.07, 6.45) is 1.65. The molecule has 0 atom stereocenters. The number of fused-ring (bicyclic) bond motifs is 1. The molecule has 1 heterocycles. The molecule has 0 amide bonds. The standard InChI is InChI=1S/C10H9NO2S/c12-10(13-6-14)8-5-11-9-4-2-1-3-7(8)9/h1-5,11,14H,6H2. The van der Waals surface area contributed by atoms with Crippen molar-refractivity contribution >= 4 is 29.5 Å². The Labute approximate surface area is 86.5 Å². The molecular formula is C10H9NO2S.